The normalized spacial score (nSPS) is 10.7. The van der Waals surface area contributed by atoms with Crippen molar-refractivity contribution in [1.29, 1.82) is 0 Å². The SMILES string of the molecule is COCCc1nc(-c2c(OC)cccc2OC)n(-c2ccncc2)n1. The topological polar surface area (TPSA) is 71.3 Å². The first kappa shape index (κ1) is 16.9. The van der Waals surface area contributed by atoms with Crippen LogP contribution < -0.4 is 9.47 Å². The summed E-state index contributed by atoms with van der Waals surface area (Å²) in [4.78, 5) is 8.77. The fourth-order valence-corrected chi connectivity index (χ4v) is 2.55. The quantitative estimate of drug-likeness (QED) is 0.658. The van der Waals surface area contributed by atoms with E-state index in [1.165, 1.54) is 0 Å². The van der Waals surface area contributed by atoms with E-state index in [4.69, 9.17) is 19.2 Å². The predicted octanol–water partition coefficient (Wildman–Crippen LogP) is 2.54. The molecule has 1 aromatic carbocycles. The van der Waals surface area contributed by atoms with Crippen LogP contribution in [-0.4, -0.2) is 47.7 Å². The van der Waals surface area contributed by atoms with Crippen LogP contribution >= 0.6 is 0 Å². The van der Waals surface area contributed by atoms with Gasteiger partial charge >= 0.3 is 0 Å². The smallest absolute Gasteiger partial charge is 0.171 e. The molecule has 7 heteroatoms. The number of aromatic nitrogens is 4. The largest absolute Gasteiger partial charge is 0.496 e. The molecule has 0 bridgehead atoms. The molecule has 0 saturated heterocycles. The lowest BCUT2D eigenvalue weighted by molar-refractivity contribution is 0.200. The second-order valence-corrected chi connectivity index (χ2v) is 5.25. The molecule has 25 heavy (non-hydrogen) atoms. The van der Waals surface area contributed by atoms with E-state index in [-0.39, 0.29) is 0 Å². The molecule has 0 N–H and O–H groups in total. The van der Waals surface area contributed by atoms with Crippen molar-refractivity contribution in [2.24, 2.45) is 0 Å². The van der Waals surface area contributed by atoms with Crippen molar-refractivity contribution in [3.63, 3.8) is 0 Å². The van der Waals surface area contributed by atoms with Crippen LogP contribution in [0.4, 0.5) is 0 Å². The van der Waals surface area contributed by atoms with Gasteiger partial charge < -0.3 is 14.2 Å². The lowest BCUT2D eigenvalue weighted by Gasteiger charge is -2.13. The molecule has 3 aromatic rings. The summed E-state index contributed by atoms with van der Waals surface area (Å²) in [5.74, 6) is 2.66. The number of benzene rings is 1. The van der Waals surface area contributed by atoms with Gasteiger partial charge in [0.15, 0.2) is 11.6 Å². The Bertz CT molecular complexity index is 811. The summed E-state index contributed by atoms with van der Waals surface area (Å²) < 4.78 is 18.0. The van der Waals surface area contributed by atoms with E-state index in [0.717, 1.165) is 11.3 Å². The molecule has 130 valence electrons. The Labute approximate surface area is 146 Å². The zero-order valence-corrected chi connectivity index (χ0v) is 14.5. The van der Waals surface area contributed by atoms with E-state index < -0.39 is 0 Å². The second-order valence-electron chi connectivity index (χ2n) is 5.25. The minimum absolute atomic E-state index is 0.545. The monoisotopic (exact) mass is 340 g/mol. The van der Waals surface area contributed by atoms with E-state index in [1.807, 2.05) is 30.3 Å². The van der Waals surface area contributed by atoms with Crippen LogP contribution in [0.3, 0.4) is 0 Å². The standard InChI is InChI=1S/C18H20N4O3/c1-23-12-9-16-20-18(22(21-16)13-7-10-19-11-8-13)17-14(24-2)5-4-6-15(17)25-3/h4-8,10-11H,9,12H2,1-3H3. The summed E-state index contributed by atoms with van der Waals surface area (Å²) in [5.41, 5.74) is 1.61. The van der Waals surface area contributed by atoms with Crippen LogP contribution in [0.1, 0.15) is 5.82 Å². The van der Waals surface area contributed by atoms with Gasteiger partial charge in [-0.05, 0) is 24.3 Å². The number of hydrogen-bond acceptors (Lipinski definition) is 6. The van der Waals surface area contributed by atoms with Gasteiger partial charge in [0.25, 0.3) is 0 Å². The molecule has 0 amide bonds. The molecule has 0 aliphatic carbocycles. The lowest BCUT2D eigenvalue weighted by atomic mass is 10.1. The average molecular weight is 340 g/mol. The zero-order chi connectivity index (χ0) is 17.6. The number of hydrogen-bond donors (Lipinski definition) is 0. The average Bonchev–Trinajstić information content (AvgIpc) is 3.10. The van der Waals surface area contributed by atoms with E-state index in [9.17, 15) is 0 Å². The minimum atomic E-state index is 0.545. The molecule has 0 saturated carbocycles. The van der Waals surface area contributed by atoms with Gasteiger partial charge in [0.2, 0.25) is 0 Å². The van der Waals surface area contributed by atoms with Crippen molar-refractivity contribution in [3.05, 3.63) is 48.5 Å². The van der Waals surface area contributed by atoms with Crippen LogP contribution in [0.15, 0.2) is 42.7 Å². The summed E-state index contributed by atoms with van der Waals surface area (Å²) >= 11 is 0. The summed E-state index contributed by atoms with van der Waals surface area (Å²) in [7, 11) is 4.90. The highest BCUT2D eigenvalue weighted by molar-refractivity contribution is 5.73. The third-order valence-electron chi connectivity index (χ3n) is 3.74. The van der Waals surface area contributed by atoms with Gasteiger partial charge in [-0.15, -0.1) is 0 Å². The molecule has 0 unspecified atom stereocenters. The summed E-state index contributed by atoms with van der Waals surface area (Å²) in [6.45, 7) is 0.545. The third kappa shape index (κ3) is 3.46. The Balaban J connectivity index is 2.20. The molecule has 0 spiro atoms. The van der Waals surface area contributed by atoms with Gasteiger partial charge in [-0.3, -0.25) is 4.98 Å². The fraction of sp³-hybridized carbons (Fsp3) is 0.278. The maximum absolute atomic E-state index is 5.53. The molecule has 0 fully saturated rings. The molecular formula is C18H20N4O3. The Morgan fingerprint density at radius 3 is 2.24 bits per heavy atom. The van der Waals surface area contributed by atoms with Crippen LogP contribution in [0.2, 0.25) is 0 Å². The minimum Gasteiger partial charge on any atom is -0.496 e. The number of ether oxygens (including phenoxy) is 3. The maximum atomic E-state index is 5.53. The third-order valence-corrected chi connectivity index (χ3v) is 3.74. The van der Waals surface area contributed by atoms with Crippen molar-refractivity contribution in [1.82, 2.24) is 19.7 Å². The maximum Gasteiger partial charge on any atom is 0.171 e. The Morgan fingerprint density at radius 1 is 0.960 bits per heavy atom. The highest BCUT2D eigenvalue weighted by atomic mass is 16.5. The highest BCUT2D eigenvalue weighted by Gasteiger charge is 2.21. The zero-order valence-electron chi connectivity index (χ0n) is 14.5. The van der Waals surface area contributed by atoms with Crippen molar-refractivity contribution in [2.45, 2.75) is 6.42 Å². The van der Waals surface area contributed by atoms with Crippen LogP contribution in [0.25, 0.3) is 17.1 Å². The lowest BCUT2D eigenvalue weighted by Crippen LogP contribution is -2.03. The van der Waals surface area contributed by atoms with Gasteiger partial charge in [0, 0.05) is 25.9 Å². The molecule has 3 rings (SSSR count). The van der Waals surface area contributed by atoms with Gasteiger partial charge in [0.1, 0.15) is 17.1 Å². The van der Waals surface area contributed by atoms with E-state index in [0.29, 0.717) is 36.2 Å². The van der Waals surface area contributed by atoms with Gasteiger partial charge in [0.05, 0.1) is 26.5 Å². The van der Waals surface area contributed by atoms with Crippen molar-refractivity contribution in [3.8, 4) is 28.6 Å². The molecular weight excluding hydrogens is 320 g/mol. The Kier molecular flexibility index (Phi) is 5.25. The first-order valence-electron chi connectivity index (χ1n) is 7.85. The fourth-order valence-electron chi connectivity index (χ4n) is 2.55. The number of methoxy groups -OCH3 is 3. The highest BCUT2D eigenvalue weighted by Crippen LogP contribution is 2.38. The van der Waals surface area contributed by atoms with E-state index in [2.05, 4.69) is 10.1 Å². The van der Waals surface area contributed by atoms with Crippen LogP contribution in [0, 0.1) is 0 Å². The molecule has 0 aliphatic rings. The van der Waals surface area contributed by atoms with Gasteiger partial charge in [-0.1, -0.05) is 6.07 Å². The van der Waals surface area contributed by atoms with Crippen molar-refractivity contribution >= 4 is 0 Å². The Morgan fingerprint density at radius 2 is 1.64 bits per heavy atom. The van der Waals surface area contributed by atoms with Gasteiger partial charge in [-0.25, -0.2) is 9.67 Å². The summed E-state index contributed by atoms with van der Waals surface area (Å²) in [6, 6.07) is 9.37. The first-order valence-corrected chi connectivity index (χ1v) is 7.85. The van der Waals surface area contributed by atoms with Crippen LogP contribution in [0.5, 0.6) is 11.5 Å². The molecule has 0 aliphatic heterocycles. The molecule has 2 aromatic heterocycles. The van der Waals surface area contributed by atoms with E-state index in [1.54, 1.807) is 38.4 Å². The van der Waals surface area contributed by atoms with E-state index >= 15 is 0 Å². The van der Waals surface area contributed by atoms with Crippen LogP contribution in [-0.2, 0) is 11.2 Å². The molecule has 7 nitrogen and oxygen atoms in total. The molecule has 2 heterocycles. The second kappa shape index (κ2) is 7.76. The molecule has 0 radical (unpaired) electrons. The van der Waals surface area contributed by atoms with Gasteiger partial charge in [-0.2, -0.15) is 5.10 Å². The summed E-state index contributed by atoms with van der Waals surface area (Å²) in [5, 5.41) is 4.63. The molecule has 0 atom stereocenters. The van der Waals surface area contributed by atoms with Crippen molar-refractivity contribution < 1.29 is 14.2 Å². The first-order chi connectivity index (χ1) is 12.3. The number of pyridine rings is 1. The predicted molar refractivity (Wildman–Crippen MR) is 93.3 cm³/mol. The van der Waals surface area contributed by atoms with Crippen molar-refractivity contribution in [2.75, 3.05) is 27.9 Å². The summed E-state index contributed by atoms with van der Waals surface area (Å²) in [6.07, 6.45) is 4.04. The Hall–Kier alpha value is -2.93. The number of nitrogens with zero attached hydrogens (tertiary/aromatic N) is 4. The number of rotatable bonds is 7.